The van der Waals surface area contributed by atoms with Crippen molar-refractivity contribution in [2.45, 2.75) is 19.5 Å². The lowest BCUT2D eigenvalue weighted by atomic mass is 9.99. The summed E-state index contributed by atoms with van der Waals surface area (Å²) in [6.07, 6.45) is 0. The van der Waals surface area contributed by atoms with Crippen molar-refractivity contribution in [3.8, 4) is 11.5 Å². The predicted molar refractivity (Wildman–Crippen MR) is 106 cm³/mol. The fourth-order valence-electron chi connectivity index (χ4n) is 3.03. The van der Waals surface area contributed by atoms with Gasteiger partial charge in [-0.15, -0.1) is 0 Å². The van der Waals surface area contributed by atoms with Crippen LogP contribution < -0.4 is 14.8 Å². The zero-order valence-corrected chi connectivity index (χ0v) is 16.3. The van der Waals surface area contributed by atoms with Crippen LogP contribution in [0.15, 0.2) is 59.1 Å². The van der Waals surface area contributed by atoms with Crippen LogP contribution in [0.25, 0.3) is 10.8 Å². The fourth-order valence-corrected chi connectivity index (χ4v) is 3.50. The summed E-state index contributed by atoms with van der Waals surface area (Å²) in [5.41, 5.74) is 2.43. The minimum Gasteiger partial charge on any atom is -0.493 e. The van der Waals surface area contributed by atoms with Crippen molar-refractivity contribution in [1.82, 2.24) is 5.32 Å². The molecule has 0 radical (unpaired) electrons. The lowest BCUT2D eigenvalue weighted by Gasteiger charge is -2.18. The Morgan fingerprint density at radius 1 is 0.960 bits per heavy atom. The van der Waals surface area contributed by atoms with Gasteiger partial charge in [-0.2, -0.15) is 0 Å². The quantitative estimate of drug-likeness (QED) is 0.595. The molecule has 0 aliphatic carbocycles. The van der Waals surface area contributed by atoms with Crippen LogP contribution in [0.1, 0.15) is 24.1 Å². The molecule has 3 nitrogen and oxygen atoms in total. The van der Waals surface area contributed by atoms with E-state index >= 15 is 0 Å². The van der Waals surface area contributed by atoms with Gasteiger partial charge in [0.2, 0.25) is 0 Å². The third-order valence-corrected chi connectivity index (χ3v) is 5.18. The highest BCUT2D eigenvalue weighted by atomic mass is 79.9. The van der Waals surface area contributed by atoms with Crippen LogP contribution in [0.3, 0.4) is 0 Å². The molecule has 0 fully saturated rings. The van der Waals surface area contributed by atoms with Crippen molar-refractivity contribution >= 4 is 26.7 Å². The summed E-state index contributed by atoms with van der Waals surface area (Å²) in [7, 11) is 3.30. The number of halogens is 1. The van der Waals surface area contributed by atoms with E-state index in [1.54, 1.807) is 14.2 Å². The molecule has 1 N–H and O–H groups in total. The van der Waals surface area contributed by atoms with E-state index in [4.69, 9.17) is 9.47 Å². The van der Waals surface area contributed by atoms with Gasteiger partial charge in [0.15, 0.2) is 11.5 Å². The third-order valence-electron chi connectivity index (χ3n) is 4.44. The zero-order valence-electron chi connectivity index (χ0n) is 14.7. The molecule has 3 rings (SSSR count). The summed E-state index contributed by atoms with van der Waals surface area (Å²) in [5, 5.41) is 6.16. The van der Waals surface area contributed by atoms with Gasteiger partial charge in [0.1, 0.15) is 0 Å². The molecule has 25 heavy (non-hydrogen) atoms. The maximum absolute atomic E-state index is 5.41. The molecule has 1 atom stereocenters. The number of hydrogen-bond acceptors (Lipinski definition) is 3. The topological polar surface area (TPSA) is 30.5 Å². The maximum atomic E-state index is 5.41. The number of methoxy groups -OCH3 is 2. The van der Waals surface area contributed by atoms with Crippen LogP contribution in [0.5, 0.6) is 11.5 Å². The highest BCUT2D eigenvalue weighted by molar-refractivity contribution is 9.10. The number of rotatable bonds is 6. The summed E-state index contributed by atoms with van der Waals surface area (Å²) < 4.78 is 11.7. The highest BCUT2D eigenvalue weighted by Gasteiger charge is 2.12. The molecule has 0 spiro atoms. The molecular formula is C21H22BrNO2. The second-order valence-electron chi connectivity index (χ2n) is 5.97. The van der Waals surface area contributed by atoms with Crippen LogP contribution in [0.2, 0.25) is 0 Å². The largest absolute Gasteiger partial charge is 0.493 e. The van der Waals surface area contributed by atoms with Crippen molar-refractivity contribution in [1.29, 1.82) is 0 Å². The summed E-state index contributed by atoms with van der Waals surface area (Å²) in [6.45, 7) is 2.92. The number of hydrogen-bond donors (Lipinski definition) is 1. The Morgan fingerprint density at radius 2 is 1.64 bits per heavy atom. The first-order valence-corrected chi connectivity index (χ1v) is 9.04. The summed E-state index contributed by atoms with van der Waals surface area (Å²) in [4.78, 5) is 0. The normalized spacial score (nSPS) is 12.2. The van der Waals surface area contributed by atoms with Crippen LogP contribution in [-0.2, 0) is 6.54 Å². The van der Waals surface area contributed by atoms with Crippen LogP contribution in [0.4, 0.5) is 0 Å². The zero-order chi connectivity index (χ0) is 17.8. The Balaban J connectivity index is 1.81. The minimum atomic E-state index is 0.228. The van der Waals surface area contributed by atoms with Crippen molar-refractivity contribution in [2.24, 2.45) is 0 Å². The second kappa shape index (κ2) is 7.89. The summed E-state index contributed by atoms with van der Waals surface area (Å²) >= 11 is 3.62. The van der Waals surface area contributed by atoms with E-state index in [2.05, 4.69) is 70.6 Å². The number of fused-ring (bicyclic) bond motifs is 1. The van der Waals surface area contributed by atoms with E-state index in [0.717, 1.165) is 28.1 Å². The molecule has 4 heteroatoms. The molecule has 130 valence electrons. The molecular weight excluding hydrogens is 378 g/mol. The number of ether oxygens (including phenoxy) is 2. The Kier molecular flexibility index (Phi) is 5.61. The first kappa shape index (κ1) is 17.8. The van der Waals surface area contributed by atoms with Crippen molar-refractivity contribution in [3.05, 3.63) is 70.2 Å². The lowest BCUT2D eigenvalue weighted by molar-refractivity contribution is 0.354. The van der Waals surface area contributed by atoms with E-state index in [-0.39, 0.29) is 6.04 Å². The monoisotopic (exact) mass is 399 g/mol. The minimum absolute atomic E-state index is 0.228. The molecule has 0 saturated heterocycles. The second-order valence-corrected chi connectivity index (χ2v) is 6.82. The molecule has 0 aliphatic rings. The van der Waals surface area contributed by atoms with E-state index in [9.17, 15) is 0 Å². The predicted octanol–water partition coefficient (Wildman–Crippen LogP) is 5.47. The maximum Gasteiger partial charge on any atom is 0.161 e. The Labute approximate surface area is 157 Å². The number of benzene rings is 3. The fraction of sp³-hybridized carbons (Fsp3) is 0.238. The molecule has 0 heterocycles. The third kappa shape index (κ3) is 3.80. The average molecular weight is 400 g/mol. The van der Waals surface area contributed by atoms with Crippen LogP contribution in [0, 0.1) is 0 Å². The van der Waals surface area contributed by atoms with Crippen molar-refractivity contribution in [3.63, 3.8) is 0 Å². The molecule has 3 aromatic rings. The molecule has 1 unspecified atom stereocenters. The molecule has 0 aliphatic heterocycles. The van der Waals surface area contributed by atoms with E-state index in [1.165, 1.54) is 16.3 Å². The van der Waals surface area contributed by atoms with Gasteiger partial charge in [-0.05, 0) is 41.0 Å². The average Bonchev–Trinajstić information content (AvgIpc) is 2.66. The van der Waals surface area contributed by atoms with E-state index in [0.29, 0.717) is 0 Å². The van der Waals surface area contributed by atoms with Gasteiger partial charge in [-0.25, -0.2) is 0 Å². The summed E-state index contributed by atoms with van der Waals surface area (Å²) in [6, 6.07) is 19.1. The Hall–Kier alpha value is -2.04. The SMILES string of the molecule is COc1cc(Br)c(CNC(C)c2cccc3ccccc23)cc1OC. The lowest BCUT2D eigenvalue weighted by Crippen LogP contribution is -2.18. The van der Waals surface area contributed by atoms with Gasteiger partial charge in [-0.3, -0.25) is 0 Å². The highest BCUT2D eigenvalue weighted by Crippen LogP contribution is 2.33. The van der Waals surface area contributed by atoms with Gasteiger partial charge in [0.25, 0.3) is 0 Å². The van der Waals surface area contributed by atoms with Gasteiger partial charge in [0, 0.05) is 17.1 Å². The molecule has 3 aromatic carbocycles. The first-order valence-electron chi connectivity index (χ1n) is 8.25. The Morgan fingerprint density at radius 3 is 2.40 bits per heavy atom. The standard InChI is InChI=1S/C21H22BrNO2/c1-14(17-10-6-8-15-7-4-5-9-18(15)17)23-13-16-11-20(24-2)21(25-3)12-19(16)22/h4-12,14,23H,13H2,1-3H3. The van der Waals surface area contributed by atoms with Crippen LogP contribution >= 0.6 is 15.9 Å². The van der Waals surface area contributed by atoms with Gasteiger partial charge >= 0.3 is 0 Å². The Bertz CT molecular complexity index is 874. The molecule has 0 amide bonds. The molecule has 0 bridgehead atoms. The first-order chi connectivity index (χ1) is 12.1. The van der Waals surface area contributed by atoms with Gasteiger partial charge < -0.3 is 14.8 Å². The van der Waals surface area contributed by atoms with E-state index < -0.39 is 0 Å². The smallest absolute Gasteiger partial charge is 0.161 e. The van der Waals surface area contributed by atoms with Crippen molar-refractivity contribution in [2.75, 3.05) is 14.2 Å². The van der Waals surface area contributed by atoms with Gasteiger partial charge in [0.05, 0.1) is 14.2 Å². The van der Waals surface area contributed by atoms with Gasteiger partial charge in [-0.1, -0.05) is 58.4 Å². The molecule has 0 aromatic heterocycles. The summed E-state index contributed by atoms with van der Waals surface area (Å²) in [5.74, 6) is 1.46. The number of nitrogens with one attached hydrogen (secondary N) is 1. The van der Waals surface area contributed by atoms with Crippen molar-refractivity contribution < 1.29 is 9.47 Å². The van der Waals surface area contributed by atoms with E-state index in [1.807, 2.05) is 12.1 Å². The van der Waals surface area contributed by atoms with Crippen LogP contribution in [-0.4, -0.2) is 14.2 Å². The molecule has 0 saturated carbocycles.